The van der Waals surface area contributed by atoms with Gasteiger partial charge in [0.15, 0.2) is 6.29 Å². The summed E-state index contributed by atoms with van der Waals surface area (Å²) in [5, 5.41) is 5.41. The summed E-state index contributed by atoms with van der Waals surface area (Å²) in [5.74, 6) is -1.27. The second-order valence-corrected chi connectivity index (χ2v) is 8.67. The van der Waals surface area contributed by atoms with Crippen molar-refractivity contribution in [2.45, 2.75) is 71.1 Å². The maximum absolute atomic E-state index is 12.8. The van der Waals surface area contributed by atoms with Crippen molar-refractivity contribution < 1.29 is 24.0 Å². The molecule has 1 aromatic rings. The minimum atomic E-state index is -0.664. The Morgan fingerprint density at radius 1 is 1.12 bits per heavy atom. The van der Waals surface area contributed by atoms with Crippen LogP contribution >= 0.6 is 0 Å². The van der Waals surface area contributed by atoms with Crippen LogP contribution in [0.3, 0.4) is 0 Å². The maximum atomic E-state index is 12.8. The van der Waals surface area contributed by atoms with Crippen molar-refractivity contribution in [3.8, 4) is 0 Å². The third-order valence-corrected chi connectivity index (χ3v) is 5.45. The van der Waals surface area contributed by atoms with Crippen molar-refractivity contribution in [3.05, 3.63) is 35.9 Å². The van der Waals surface area contributed by atoms with Crippen LogP contribution in [0.4, 0.5) is 0 Å². The zero-order valence-corrected chi connectivity index (χ0v) is 19.4. The normalized spacial score (nSPS) is 17.9. The molecule has 178 valence electrons. The van der Waals surface area contributed by atoms with Gasteiger partial charge in [-0.25, -0.2) is 10.3 Å². The predicted molar refractivity (Wildman–Crippen MR) is 121 cm³/mol. The molecule has 0 aliphatic carbocycles. The highest BCUT2D eigenvalue weighted by atomic mass is 16.8. The minimum absolute atomic E-state index is 0.0161. The fourth-order valence-electron chi connectivity index (χ4n) is 3.74. The maximum Gasteiger partial charge on any atom is 0.247 e. The number of rotatable bonds is 12. The van der Waals surface area contributed by atoms with Crippen molar-refractivity contribution in [1.29, 1.82) is 0 Å². The summed E-state index contributed by atoms with van der Waals surface area (Å²) in [6.07, 6.45) is 3.90. The summed E-state index contributed by atoms with van der Waals surface area (Å²) in [4.78, 5) is 43.1. The van der Waals surface area contributed by atoms with Crippen LogP contribution in [0.5, 0.6) is 0 Å². The molecule has 3 amide bonds. The Kier molecular flexibility index (Phi) is 11.2. The summed E-state index contributed by atoms with van der Waals surface area (Å²) in [6.45, 7) is 4.61. The number of likely N-dealkylation sites (N-methyl/N-ethyl adjacent to an activating group) is 1. The molecule has 0 aromatic heterocycles. The number of carbonyl (C=O) groups is 3. The van der Waals surface area contributed by atoms with Crippen LogP contribution in [0, 0.1) is 11.8 Å². The van der Waals surface area contributed by atoms with E-state index >= 15 is 0 Å². The van der Waals surface area contributed by atoms with Crippen LogP contribution in [0.1, 0.15) is 57.9 Å². The molecule has 0 saturated carbocycles. The smallest absolute Gasteiger partial charge is 0.247 e. The number of hydrogen-bond acceptors (Lipinski definition) is 5. The lowest BCUT2D eigenvalue weighted by Gasteiger charge is -2.24. The first kappa shape index (κ1) is 25.8. The van der Waals surface area contributed by atoms with Gasteiger partial charge in [0.25, 0.3) is 0 Å². The van der Waals surface area contributed by atoms with Crippen LogP contribution in [0.2, 0.25) is 0 Å². The Hall–Kier alpha value is -2.45. The van der Waals surface area contributed by atoms with Gasteiger partial charge in [0.1, 0.15) is 6.04 Å². The molecule has 1 heterocycles. The van der Waals surface area contributed by atoms with E-state index < -0.39 is 18.2 Å². The number of benzene rings is 1. The van der Waals surface area contributed by atoms with Crippen LogP contribution in [0.25, 0.3) is 0 Å². The van der Waals surface area contributed by atoms with Gasteiger partial charge in [-0.15, -0.1) is 0 Å². The van der Waals surface area contributed by atoms with Gasteiger partial charge in [-0.1, -0.05) is 44.2 Å². The minimum Gasteiger partial charge on any atom is -0.357 e. The third-order valence-electron chi connectivity index (χ3n) is 5.45. The number of amides is 3. The van der Waals surface area contributed by atoms with Crippen LogP contribution in [-0.4, -0.2) is 43.7 Å². The number of nitrogens with one attached hydrogen (secondary N) is 3. The lowest BCUT2D eigenvalue weighted by Crippen LogP contribution is -2.47. The van der Waals surface area contributed by atoms with Gasteiger partial charge in [-0.3, -0.25) is 14.4 Å². The van der Waals surface area contributed by atoms with Crippen LogP contribution in [0.15, 0.2) is 30.3 Å². The highest BCUT2D eigenvalue weighted by Crippen LogP contribution is 2.18. The molecule has 0 spiro atoms. The Labute approximate surface area is 190 Å². The summed E-state index contributed by atoms with van der Waals surface area (Å²) >= 11 is 0. The average molecular weight is 448 g/mol. The number of carbonyl (C=O) groups excluding carboxylic acids is 3. The quantitative estimate of drug-likeness (QED) is 0.427. The molecule has 1 aromatic carbocycles. The third kappa shape index (κ3) is 9.36. The van der Waals surface area contributed by atoms with Gasteiger partial charge in [0, 0.05) is 32.4 Å². The largest absolute Gasteiger partial charge is 0.357 e. The molecule has 0 bridgehead atoms. The van der Waals surface area contributed by atoms with E-state index in [1.165, 1.54) is 0 Å². The molecular weight excluding hydrogens is 410 g/mol. The molecular formula is C24H37N3O5. The molecule has 8 heteroatoms. The lowest BCUT2D eigenvalue weighted by atomic mass is 9.93. The topological polar surface area (TPSA) is 106 Å². The number of aryl methyl sites for hydroxylation is 1. The van der Waals surface area contributed by atoms with E-state index in [-0.39, 0.29) is 30.1 Å². The van der Waals surface area contributed by atoms with Crippen molar-refractivity contribution in [2.24, 2.45) is 11.8 Å². The van der Waals surface area contributed by atoms with Gasteiger partial charge in [-0.2, -0.15) is 0 Å². The summed E-state index contributed by atoms with van der Waals surface area (Å²) < 4.78 is 5.46. The Balaban J connectivity index is 1.91. The fourth-order valence-corrected chi connectivity index (χ4v) is 3.74. The van der Waals surface area contributed by atoms with E-state index in [1.807, 2.05) is 44.2 Å². The molecule has 0 radical (unpaired) electrons. The SMILES string of the molecule is CNC(=O)[C@H](CCc1ccccc1)NC(=O)C[C@@H](CC(C)C)C(=O)NOC1CCCCO1. The average Bonchev–Trinajstić information content (AvgIpc) is 2.80. The molecule has 1 aliphatic heterocycles. The predicted octanol–water partition coefficient (Wildman–Crippen LogP) is 2.48. The number of hydrogen-bond donors (Lipinski definition) is 3. The first-order valence-corrected chi connectivity index (χ1v) is 11.5. The molecule has 3 N–H and O–H groups in total. The molecule has 8 nitrogen and oxygen atoms in total. The first-order chi connectivity index (χ1) is 15.4. The van der Waals surface area contributed by atoms with Crippen molar-refractivity contribution in [3.63, 3.8) is 0 Å². The van der Waals surface area contributed by atoms with Gasteiger partial charge < -0.3 is 15.4 Å². The van der Waals surface area contributed by atoms with E-state index in [0.29, 0.717) is 25.9 Å². The molecule has 1 unspecified atom stereocenters. The highest BCUT2D eigenvalue weighted by molar-refractivity contribution is 5.89. The lowest BCUT2D eigenvalue weighted by molar-refractivity contribution is -0.202. The Bertz CT molecular complexity index is 720. The Morgan fingerprint density at radius 3 is 2.50 bits per heavy atom. The standard InChI is InChI=1S/C24H37N3O5/c1-17(2)15-19(23(29)27-32-22-11-7-8-14-31-22)16-21(28)26-20(24(30)25-3)13-12-18-9-5-4-6-10-18/h4-6,9-10,17,19-20,22H,7-8,11-16H2,1-3H3,(H,25,30)(H,26,28)(H,27,29)/t19-,20+,22?/m1/s1. The van der Waals surface area contributed by atoms with E-state index in [9.17, 15) is 14.4 Å². The van der Waals surface area contributed by atoms with Gasteiger partial charge >= 0.3 is 0 Å². The fraction of sp³-hybridized carbons (Fsp3) is 0.625. The van der Waals surface area contributed by atoms with Gasteiger partial charge in [-0.05, 0) is 43.6 Å². The van der Waals surface area contributed by atoms with Crippen LogP contribution in [-0.2, 0) is 30.4 Å². The van der Waals surface area contributed by atoms with E-state index in [1.54, 1.807) is 7.05 Å². The summed E-state index contributed by atoms with van der Waals surface area (Å²) in [5.41, 5.74) is 3.57. The Morgan fingerprint density at radius 2 is 1.88 bits per heavy atom. The molecule has 2 rings (SSSR count). The molecule has 3 atom stereocenters. The highest BCUT2D eigenvalue weighted by Gasteiger charge is 2.27. The van der Waals surface area contributed by atoms with Gasteiger partial charge in [0.2, 0.25) is 17.7 Å². The van der Waals surface area contributed by atoms with E-state index in [2.05, 4.69) is 16.1 Å². The van der Waals surface area contributed by atoms with Crippen molar-refractivity contribution in [2.75, 3.05) is 13.7 Å². The second-order valence-electron chi connectivity index (χ2n) is 8.67. The first-order valence-electron chi connectivity index (χ1n) is 11.5. The molecule has 1 saturated heterocycles. The van der Waals surface area contributed by atoms with E-state index in [0.717, 1.165) is 24.8 Å². The molecule has 32 heavy (non-hydrogen) atoms. The number of hydroxylamine groups is 1. The second kappa shape index (κ2) is 13.9. The van der Waals surface area contributed by atoms with E-state index in [4.69, 9.17) is 9.57 Å². The van der Waals surface area contributed by atoms with Crippen molar-refractivity contribution in [1.82, 2.24) is 16.1 Å². The van der Waals surface area contributed by atoms with Crippen LogP contribution < -0.4 is 16.1 Å². The number of ether oxygens (including phenoxy) is 1. The zero-order valence-electron chi connectivity index (χ0n) is 19.4. The van der Waals surface area contributed by atoms with Crippen molar-refractivity contribution >= 4 is 17.7 Å². The molecule has 1 fully saturated rings. The molecule has 1 aliphatic rings. The monoisotopic (exact) mass is 447 g/mol. The zero-order chi connectivity index (χ0) is 23.3. The van der Waals surface area contributed by atoms with Gasteiger partial charge in [0.05, 0.1) is 0 Å². The summed E-state index contributed by atoms with van der Waals surface area (Å²) in [6, 6.07) is 9.13. The summed E-state index contributed by atoms with van der Waals surface area (Å²) in [7, 11) is 1.55.